The Morgan fingerprint density at radius 2 is 2.27 bits per heavy atom. The number of ether oxygens (including phenoxy) is 1. The molecule has 22 heavy (non-hydrogen) atoms. The van der Waals surface area contributed by atoms with Crippen molar-refractivity contribution < 1.29 is 19.5 Å². The van der Waals surface area contributed by atoms with Crippen molar-refractivity contribution in [2.75, 3.05) is 19.8 Å². The number of aryl methyl sites for hydroxylation is 1. The number of nitrogens with two attached hydrogens (primary N) is 1. The number of carboxylic acids is 1. The van der Waals surface area contributed by atoms with Gasteiger partial charge in [-0.3, -0.25) is 0 Å². The van der Waals surface area contributed by atoms with Crippen LogP contribution in [0.4, 0.5) is 0 Å². The first-order valence-corrected chi connectivity index (χ1v) is 8.52. The van der Waals surface area contributed by atoms with Crippen LogP contribution in [0, 0.1) is 11.3 Å². The molecule has 3 rings (SSSR count). The molecule has 0 bridgehead atoms. The zero-order valence-corrected chi connectivity index (χ0v) is 13.9. The highest BCUT2D eigenvalue weighted by atomic mass is 32.1. The van der Waals surface area contributed by atoms with E-state index in [0.717, 1.165) is 29.7 Å². The van der Waals surface area contributed by atoms with Crippen molar-refractivity contribution in [2.45, 2.75) is 39.0 Å². The first-order valence-electron chi connectivity index (χ1n) is 7.70. The van der Waals surface area contributed by atoms with E-state index in [1.165, 1.54) is 4.88 Å². The molecule has 0 radical (unpaired) electrons. The van der Waals surface area contributed by atoms with Gasteiger partial charge in [0, 0.05) is 21.6 Å². The molecule has 1 aromatic rings. The Hall–Kier alpha value is -0.950. The Morgan fingerprint density at radius 1 is 1.50 bits per heavy atom. The van der Waals surface area contributed by atoms with Gasteiger partial charge in [-0.05, 0) is 30.2 Å². The fraction of sp³-hybridized carbons (Fsp3) is 0.688. The van der Waals surface area contributed by atoms with Crippen LogP contribution in [0.25, 0.3) is 0 Å². The van der Waals surface area contributed by atoms with Crippen molar-refractivity contribution in [3.05, 3.63) is 20.9 Å². The second-order valence-electron chi connectivity index (χ2n) is 7.13. The predicted octanol–water partition coefficient (Wildman–Crippen LogP) is 2.58. The maximum absolute atomic E-state index is 11.9. The van der Waals surface area contributed by atoms with Gasteiger partial charge in [0.25, 0.3) is 0 Å². The number of carbonyl (C=O) groups is 1. The van der Waals surface area contributed by atoms with Crippen molar-refractivity contribution in [2.24, 2.45) is 17.2 Å². The number of aromatic carboxylic acids is 1. The van der Waals surface area contributed by atoms with E-state index in [-0.39, 0.29) is 17.3 Å². The molecule has 5 nitrogen and oxygen atoms in total. The quantitative estimate of drug-likeness (QED) is 0.832. The average Bonchev–Trinajstić information content (AvgIpc) is 3.01. The Bertz CT molecular complexity index is 581. The zero-order chi connectivity index (χ0) is 15.9. The highest BCUT2D eigenvalue weighted by Gasteiger charge is 2.38. The van der Waals surface area contributed by atoms with Crippen LogP contribution in [-0.4, -0.2) is 30.9 Å². The predicted molar refractivity (Wildman–Crippen MR) is 84.3 cm³/mol. The molecule has 0 aromatic carbocycles. The van der Waals surface area contributed by atoms with Crippen molar-refractivity contribution in [1.82, 2.24) is 0 Å². The van der Waals surface area contributed by atoms with Crippen molar-refractivity contribution in [3.63, 3.8) is 0 Å². The lowest BCUT2D eigenvalue weighted by Crippen LogP contribution is -2.23. The van der Waals surface area contributed by atoms with Gasteiger partial charge >= 0.3 is 5.97 Å². The minimum atomic E-state index is -0.815. The lowest BCUT2D eigenvalue weighted by molar-refractivity contribution is 0.0691. The Morgan fingerprint density at radius 3 is 2.95 bits per heavy atom. The summed E-state index contributed by atoms with van der Waals surface area (Å²) in [6.45, 7) is 5.95. The van der Waals surface area contributed by atoms with Gasteiger partial charge in [0.05, 0.1) is 25.4 Å². The fourth-order valence-electron chi connectivity index (χ4n) is 3.61. The van der Waals surface area contributed by atoms with Gasteiger partial charge in [0.15, 0.2) is 0 Å². The van der Waals surface area contributed by atoms with Crippen LogP contribution in [0.5, 0.6) is 0 Å². The molecule has 122 valence electrons. The van der Waals surface area contributed by atoms with Crippen molar-refractivity contribution in [1.29, 1.82) is 0 Å². The summed E-state index contributed by atoms with van der Waals surface area (Å²) in [4.78, 5) is 18.9. The zero-order valence-electron chi connectivity index (χ0n) is 13.1. The minimum absolute atomic E-state index is 0.0772. The van der Waals surface area contributed by atoms with Gasteiger partial charge < -0.3 is 14.7 Å². The van der Waals surface area contributed by atoms with E-state index in [9.17, 15) is 9.90 Å². The smallest absolute Gasteiger partial charge is 0.337 e. The van der Waals surface area contributed by atoms with Gasteiger partial charge in [-0.15, -0.1) is 11.3 Å². The van der Waals surface area contributed by atoms with Gasteiger partial charge in [-0.1, -0.05) is 13.8 Å². The van der Waals surface area contributed by atoms with E-state index in [0.29, 0.717) is 25.4 Å². The summed E-state index contributed by atoms with van der Waals surface area (Å²) in [5.41, 5.74) is 1.73. The van der Waals surface area contributed by atoms with E-state index >= 15 is 0 Å². The monoisotopic (exact) mass is 325 g/mol. The first kappa shape index (κ1) is 15.9. The van der Waals surface area contributed by atoms with E-state index in [4.69, 9.17) is 15.5 Å². The molecule has 0 amide bonds. The number of hydrogen-bond donors (Lipinski definition) is 2. The molecule has 1 aliphatic carbocycles. The van der Waals surface area contributed by atoms with Crippen LogP contribution in [0.2, 0.25) is 0 Å². The molecule has 2 atom stereocenters. The minimum Gasteiger partial charge on any atom is -0.478 e. The topological polar surface area (TPSA) is 81.8 Å². The van der Waals surface area contributed by atoms with Crippen LogP contribution in [0.1, 0.15) is 51.9 Å². The van der Waals surface area contributed by atoms with Gasteiger partial charge in [0.2, 0.25) is 0 Å². The molecule has 1 aromatic heterocycles. The van der Waals surface area contributed by atoms with E-state index in [2.05, 4.69) is 13.8 Å². The molecular weight excluding hydrogens is 302 g/mol. The summed E-state index contributed by atoms with van der Waals surface area (Å²) in [5.74, 6) is 4.61. The summed E-state index contributed by atoms with van der Waals surface area (Å²) in [6, 6.07) is 0. The SMILES string of the molecule is CC1(C)CCc2sc([C@@H]3COC[C@@H]3CON)c(C(=O)O)c2C1. The number of hydrogen-bond acceptors (Lipinski definition) is 5. The van der Waals surface area contributed by atoms with Gasteiger partial charge in [-0.25, -0.2) is 10.7 Å². The molecule has 0 saturated carbocycles. The first-order chi connectivity index (χ1) is 10.4. The Kier molecular flexibility index (Phi) is 4.29. The third-order valence-electron chi connectivity index (χ3n) is 4.86. The number of fused-ring (bicyclic) bond motifs is 1. The fourth-order valence-corrected chi connectivity index (χ4v) is 5.10. The van der Waals surface area contributed by atoms with E-state index in [1.54, 1.807) is 11.3 Å². The summed E-state index contributed by atoms with van der Waals surface area (Å²) in [5, 5.41) is 9.77. The summed E-state index contributed by atoms with van der Waals surface area (Å²) >= 11 is 1.66. The summed E-state index contributed by atoms with van der Waals surface area (Å²) in [6.07, 6.45) is 2.92. The second kappa shape index (κ2) is 5.92. The van der Waals surface area contributed by atoms with E-state index in [1.807, 2.05) is 0 Å². The molecule has 3 N–H and O–H groups in total. The second-order valence-corrected chi connectivity index (χ2v) is 8.26. The molecule has 2 heterocycles. The largest absolute Gasteiger partial charge is 0.478 e. The Balaban J connectivity index is 2.02. The standard InChI is InChI=1S/C16H23NO4S/c1-16(2)4-3-12-10(5-16)13(15(18)19)14(22-12)11-8-20-6-9(11)7-21-17/h9,11H,3-8,17H2,1-2H3,(H,18,19)/t9-,11-/m1/s1. The molecule has 1 fully saturated rings. The van der Waals surface area contributed by atoms with Gasteiger partial charge in [0.1, 0.15) is 0 Å². The molecule has 0 spiro atoms. The highest BCUT2D eigenvalue weighted by Crippen LogP contribution is 2.46. The lowest BCUT2D eigenvalue weighted by atomic mass is 9.75. The molecule has 6 heteroatoms. The molecular formula is C16H23NO4S. The van der Waals surface area contributed by atoms with Crippen LogP contribution >= 0.6 is 11.3 Å². The normalized spacial score (nSPS) is 26.9. The van der Waals surface area contributed by atoms with Crippen LogP contribution in [-0.2, 0) is 22.4 Å². The van der Waals surface area contributed by atoms with Crippen LogP contribution in [0.15, 0.2) is 0 Å². The average molecular weight is 325 g/mol. The number of carboxylic acid groups (broad SMARTS) is 1. The maximum Gasteiger partial charge on any atom is 0.337 e. The molecule has 1 aliphatic heterocycles. The van der Waals surface area contributed by atoms with E-state index < -0.39 is 5.97 Å². The van der Waals surface area contributed by atoms with Crippen molar-refractivity contribution in [3.8, 4) is 0 Å². The maximum atomic E-state index is 11.9. The highest BCUT2D eigenvalue weighted by molar-refractivity contribution is 7.12. The lowest BCUT2D eigenvalue weighted by Gasteiger charge is -2.29. The number of rotatable bonds is 4. The molecule has 0 unspecified atom stereocenters. The van der Waals surface area contributed by atoms with Crippen molar-refractivity contribution >= 4 is 17.3 Å². The molecule has 1 saturated heterocycles. The van der Waals surface area contributed by atoms with Crippen LogP contribution in [0.3, 0.4) is 0 Å². The number of thiophene rings is 1. The van der Waals surface area contributed by atoms with Crippen LogP contribution < -0.4 is 5.90 Å². The third-order valence-corrected chi connectivity index (χ3v) is 6.29. The summed E-state index contributed by atoms with van der Waals surface area (Å²) in [7, 11) is 0. The van der Waals surface area contributed by atoms with Gasteiger partial charge in [-0.2, -0.15) is 0 Å². The summed E-state index contributed by atoms with van der Waals surface area (Å²) < 4.78 is 5.56. The third kappa shape index (κ3) is 2.80. The molecule has 2 aliphatic rings. The Labute approximate surface area is 134 Å².